The molecular weight excluding hydrogens is 345 g/mol. The van der Waals surface area contributed by atoms with E-state index in [2.05, 4.69) is 20.5 Å². The van der Waals surface area contributed by atoms with E-state index in [0.29, 0.717) is 12.2 Å². The van der Waals surface area contributed by atoms with Crippen molar-refractivity contribution in [2.75, 3.05) is 31.5 Å². The average molecular weight is 364 g/mol. The van der Waals surface area contributed by atoms with Crippen molar-refractivity contribution in [3.8, 4) is 0 Å². The van der Waals surface area contributed by atoms with Crippen LogP contribution < -0.4 is 10.6 Å². The molecule has 0 radical (unpaired) electrons. The van der Waals surface area contributed by atoms with E-state index in [1.165, 1.54) is 18.3 Å². The Morgan fingerprint density at radius 3 is 2.54 bits per heavy atom. The number of rotatable bonds is 4. The van der Waals surface area contributed by atoms with Gasteiger partial charge >= 0.3 is 6.18 Å². The molecule has 0 saturated carbocycles. The molecule has 2 heterocycles. The molecule has 5 nitrogen and oxygen atoms in total. The van der Waals surface area contributed by atoms with Gasteiger partial charge in [0.15, 0.2) is 0 Å². The molecule has 0 atom stereocenters. The van der Waals surface area contributed by atoms with Gasteiger partial charge in [0.25, 0.3) is 5.91 Å². The lowest BCUT2D eigenvalue weighted by Crippen LogP contribution is -2.43. The number of pyridine rings is 1. The molecule has 26 heavy (non-hydrogen) atoms. The second-order valence-corrected chi connectivity index (χ2v) is 6.06. The van der Waals surface area contributed by atoms with Crippen LogP contribution in [-0.2, 0) is 12.7 Å². The summed E-state index contributed by atoms with van der Waals surface area (Å²) in [5, 5.41) is 5.75. The predicted molar refractivity (Wildman–Crippen MR) is 91.8 cm³/mol. The first kappa shape index (κ1) is 18.3. The SMILES string of the molecule is O=C(Nc1ccc(CN2CCNCC2)nc1)c1ccccc1C(F)(F)F. The highest BCUT2D eigenvalue weighted by Gasteiger charge is 2.34. The number of amides is 1. The molecular formula is C18H19F3N4O. The zero-order valence-electron chi connectivity index (χ0n) is 14.0. The Morgan fingerprint density at radius 1 is 1.15 bits per heavy atom. The summed E-state index contributed by atoms with van der Waals surface area (Å²) in [6, 6.07) is 8.13. The lowest BCUT2D eigenvalue weighted by Gasteiger charge is -2.26. The summed E-state index contributed by atoms with van der Waals surface area (Å²) in [7, 11) is 0. The van der Waals surface area contributed by atoms with Gasteiger partial charge in [-0.25, -0.2) is 0 Å². The molecule has 1 aromatic heterocycles. The van der Waals surface area contributed by atoms with Crippen molar-refractivity contribution in [3.63, 3.8) is 0 Å². The van der Waals surface area contributed by atoms with Crippen molar-refractivity contribution in [1.82, 2.24) is 15.2 Å². The van der Waals surface area contributed by atoms with Gasteiger partial charge in [0.2, 0.25) is 0 Å². The van der Waals surface area contributed by atoms with Crippen LogP contribution >= 0.6 is 0 Å². The number of carbonyl (C=O) groups excluding carboxylic acids is 1. The van der Waals surface area contributed by atoms with Gasteiger partial charge in [0.1, 0.15) is 0 Å². The number of anilines is 1. The van der Waals surface area contributed by atoms with E-state index in [1.54, 1.807) is 12.1 Å². The van der Waals surface area contributed by atoms with E-state index in [-0.39, 0.29) is 0 Å². The molecule has 138 valence electrons. The number of carbonyl (C=O) groups is 1. The Kier molecular flexibility index (Phi) is 5.53. The summed E-state index contributed by atoms with van der Waals surface area (Å²) >= 11 is 0. The number of hydrogen-bond acceptors (Lipinski definition) is 4. The van der Waals surface area contributed by atoms with Gasteiger partial charge in [-0.3, -0.25) is 14.7 Å². The molecule has 2 N–H and O–H groups in total. The molecule has 0 unspecified atom stereocenters. The molecule has 0 bridgehead atoms. The smallest absolute Gasteiger partial charge is 0.321 e. The Labute approximate surface area is 149 Å². The quantitative estimate of drug-likeness (QED) is 0.876. The summed E-state index contributed by atoms with van der Waals surface area (Å²) < 4.78 is 39.1. The van der Waals surface area contributed by atoms with Gasteiger partial charge < -0.3 is 10.6 Å². The number of nitrogens with one attached hydrogen (secondary N) is 2. The zero-order chi connectivity index (χ0) is 18.6. The standard InChI is InChI=1S/C18H19F3N4O/c19-18(20,21)16-4-2-1-3-15(16)17(26)24-13-5-6-14(23-11-13)12-25-9-7-22-8-10-25/h1-6,11,22H,7-10,12H2,(H,24,26). The van der Waals surface area contributed by atoms with Crippen molar-refractivity contribution >= 4 is 11.6 Å². The molecule has 0 aliphatic carbocycles. The van der Waals surface area contributed by atoms with Crippen LogP contribution in [0.2, 0.25) is 0 Å². The van der Waals surface area contributed by atoms with Crippen LogP contribution in [0.1, 0.15) is 21.6 Å². The normalized spacial score (nSPS) is 15.7. The number of piperazine rings is 1. The Balaban J connectivity index is 1.67. The molecule has 8 heteroatoms. The topological polar surface area (TPSA) is 57.3 Å². The molecule has 1 aliphatic rings. The lowest BCUT2D eigenvalue weighted by molar-refractivity contribution is -0.137. The van der Waals surface area contributed by atoms with Crippen LogP contribution in [0, 0.1) is 0 Å². The third kappa shape index (κ3) is 4.59. The van der Waals surface area contributed by atoms with Crippen LogP contribution in [0.5, 0.6) is 0 Å². The van der Waals surface area contributed by atoms with Gasteiger partial charge in [0.05, 0.1) is 28.7 Å². The van der Waals surface area contributed by atoms with E-state index in [1.807, 2.05) is 0 Å². The summed E-state index contributed by atoms with van der Waals surface area (Å²) in [4.78, 5) is 18.8. The predicted octanol–water partition coefficient (Wildman–Crippen LogP) is 2.76. The second-order valence-electron chi connectivity index (χ2n) is 6.06. The van der Waals surface area contributed by atoms with Crippen molar-refractivity contribution in [3.05, 3.63) is 59.4 Å². The number of nitrogens with zero attached hydrogens (tertiary/aromatic N) is 2. The fourth-order valence-electron chi connectivity index (χ4n) is 2.82. The van der Waals surface area contributed by atoms with E-state index >= 15 is 0 Å². The van der Waals surface area contributed by atoms with Crippen LogP contribution in [-0.4, -0.2) is 42.0 Å². The van der Waals surface area contributed by atoms with E-state index in [4.69, 9.17) is 0 Å². The van der Waals surface area contributed by atoms with E-state index < -0.39 is 23.2 Å². The molecule has 1 aliphatic heterocycles. The monoisotopic (exact) mass is 364 g/mol. The third-order valence-electron chi connectivity index (χ3n) is 4.15. The first-order valence-electron chi connectivity index (χ1n) is 8.29. The number of benzene rings is 1. The minimum Gasteiger partial charge on any atom is -0.321 e. The zero-order valence-corrected chi connectivity index (χ0v) is 14.0. The Morgan fingerprint density at radius 2 is 1.88 bits per heavy atom. The molecule has 1 fully saturated rings. The van der Waals surface area contributed by atoms with Crippen molar-refractivity contribution in [2.45, 2.75) is 12.7 Å². The van der Waals surface area contributed by atoms with Crippen LogP contribution in [0.25, 0.3) is 0 Å². The van der Waals surface area contributed by atoms with Crippen molar-refractivity contribution in [2.24, 2.45) is 0 Å². The highest BCUT2D eigenvalue weighted by atomic mass is 19.4. The van der Waals surface area contributed by atoms with Crippen LogP contribution in [0.15, 0.2) is 42.6 Å². The molecule has 3 rings (SSSR count). The molecule has 1 aromatic carbocycles. The van der Waals surface area contributed by atoms with Crippen molar-refractivity contribution < 1.29 is 18.0 Å². The maximum atomic E-state index is 13.0. The van der Waals surface area contributed by atoms with Gasteiger partial charge in [-0.2, -0.15) is 13.2 Å². The maximum Gasteiger partial charge on any atom is 0.417 e. The first-order chi connectivity index (χ1) is 12.4. The number of halogens is 3. The van der Waals surface area contributed by atoms with E-state index in [9.17, 15) is 18.0 Å². The molecule has 1 amide bonds. The summed E-state index contributed by atoms with van der Waals surface area (Å²) in [5.41, 5.74) is -0.165. The second kappa shape index (κ2) is 7.84. The average Bonchev–Trinajstić information content (AvgIpc) is 2.63. The summed E-state index contributed by atoms with van der Waals surface area (Å²) in [6.45, 7) is 4.45. The molecule has 0 spiro atoms. The van der Waals surface area contributed by atoms with Crippen LogP contribution in [0.4, 0.5) is 18.9 Å². The summed E-state index contributed by atoms with van der Waals surface area (Å²) in [5.74, 6) is -0.811. The lowest BCUT2D eigenvalue weighted by atomic mass is 10.1. The maximum absolute atomic E-state index is 13.0. The third-order valence-corrected chi connectivity index (χ3v) is 4.15. The van der Waals surface area contributed by atoms with Gasteiger partial charge in [-0.1, -0.05) is 12.1 Å². The van der Waals surface area contributed by atoms with Gasteiger partial charge in [0, 0.05) is 32.7 Å². The fraction of sp³-hybridized carbons (Fsp3) is 0.333. The minimum atomic E-state index is -4.58. The Bertz CT molecular complexity index is 756. The van der Waals surface area contributed by atoms with Gasteiger partial charge in [-0.15, -0.1) is 0 Å². The van der Waals surface area contributed by atoms with Crippen molar-refractivity contribution in [1.29, 1.82) is 0 Å². The fourth-order valence-corrected chi connectivity index (χ4v) is 2.82. The number of aromatic nitrogens is 1. The molecule has 1 saturated heterocycles. The first-order valence-corrected chi connectivity index (χ1v) is 8.29. The minimum absolute atomic E-state index is 0.357. The Hall–Kier alpha value is -2.45. The highest BCUT2D eigenvalue weighted by Crippen LogP contribution is 2.32. The van der Waals surface area contributed by atoms with Crippen LogP contribution in [0.3, 0.4) is 0 Å². The summed E-state index contributed by atoms with van der Waals surface area (Å²) in [6.07, 6.45) is -3.12. The molecule has 2 aromatic rings. The van der Waals surface area contributed by atoms with E-state index in [0.717, 1.165) is 44.0 Å². The largest absolute Gasteiger partial charge is 0.417 e. The number of hydrogen-bond donors (Lipinski definition) is 2. The highest BCUT2D eigenvalue weighted by molar-refractivity contribution is 6.05. The van der Waals surface area contributed by atoms with Gasteiger partial charge in [-0.05, 0) is 24.3 Å². The number of alkyl halides is 3.